The summed E-state index contributed by atoms with van der Waals surface area (Å²) in [6.07, 6.45) is 3.36. The van der Waals surface area contributed by atoms with Crippen LogP contribution in [0.4, 0.5) is 4.39 Å². The molecule has 0 bridgehead atoms. The maximum atomic E-state index is 12.9. The molecule has 0 fully saturated rings. The van der Waals surface area contributed by atoms with E-state index < -0.39 is 0 Å². The number of hydrogen-bond donors (Lipinski definition) is 0. The fourth-order valence-electron chi connectivity index (χ4n) is 1.42. The molecule has 0 saturated heterocycles. The van der Waals surface area contributed by atoms with Gasteiger partial charge in [0.1, 0.15) is 5.82 Å². The Bertz CT molecular complexity index is 479. The minimum absolute atomic E-state index is 0.240. The van der Waals surface area contributed by atoms with Crippen LogP contribution in [-0.4, -0.2) is 16.9 Å². The molecule has 0 N–H and O–H groups in total. The Hall–Kier alpha value is -1.84. The lowest BCUT2D eigenvalue weighted by molar-refractivity contribution is 0.414. The summed E-state index contributed by atoms with van der Waals surface area (Å²) in [5.41, 5.74) is 1.68. The van der Waals surface area contributed by atoms with Crippen LogP contribution in [0.15, 0.2) is 30.6 Å². The molecule has 0 spiro atoms. The van der Waals surface area contributed by atoms with E-state index in [9.17, 15) is 4.39 Å². The highest BCUT2D eigenvalue weighted by atomic mass is 19.1. The average Bonchev–Trinajstić information content (AvgIpc) is 2.66. The molecule has 0 aliphatic heterocycles. The van der Waals surface area contributed by atoms with Gasteiger partial charge < -0.3 is 4.74 Å². The Balaban J connectivity index is 2.44. The molecule has 0 aliphatic rings. The maximum absolute atomic E-state index is 12.9. The van der Waals surface area contributed by atoms with E-state index in [-0.39, 0.29) is 5.82 Å². The SMILES string of the molecule is COc1cnn(-c2ccc(F)cc2C)c1. The molecule has 2 rings (SSSR count). The van der Waals surface area contributed by atoms with Crippen LogP contribution in [0.3, 0.4) is 0 Å². The van der Waals surface area contributed by atoms with Crippen molar-refractivity contribution in [2.75, 3.05) is 7.11 Å². The van der Waals surface area contributed by atoms with Crippen LogP contribution in [0.25, 0.3) is 5.69 Å². The Labute approximate surface area is 87.1 Å². The number of nitrogens with zero attached hydrogens (tertiary/aromatic N) is 2. The van der Waals surface area contributed by atoms with E-state index >= 15 is 0 Å². The third kappa shape index (κ3) is 1.83. The number of aryl methyl sites for hydroxylation is 1. The lowest BCUT2D eigenvalue weighted by Gasteiger charge is -2.04. The van der Waals surface area contributed by atoms with Crippen molar-refractivity contribution in [2.45, 2.75) is 6.92 Å². The second-order valence-corrected chi connectivity index (χ2v) is 3.26. The summed E-state index contributed by atoms with van der Waals surface area (Å²) in [6, 6.07) is 4.58. The van der Waals surface area contributed by atoms with Crippen molar-refractivity contribution in [3.05, 3.63) is 42.0 Å². The number of hydrogen-bond acceptors (Lipinski definition) is 2. The minimum atomic E-state index is -0.240. The largest absolute Gasteiger partial charge is 0.493 e. The molecule has 0 radical (unpaired) electrons. The molecule has 1 aromatic carbocycles. The summed E-state index contributed by atoms with van der Waals surface area (Å²) in [5, 5.41) is 4.12. The van der Waals surface area contributed by atoms with Gasteiger partial charge in [0.15, 0.2) is 5.75 Å². The van der Waals surface area contributed by atoms with E-state index in [0.29, 0.717) is 5.75 Å². The Morgan fingerprint density at radius 2 is 2.20 bits per heavy atom. The van der Waals surface area contributed by atoms with E-state index in [1.165, 1.54) is 12.1 Å². The third-order valence-corrected chi connectivity index (χ3v) is 2.20. The first-order valence-electron chi connectivity index (χ1n) is 4.56. The molecule has 0 amide bonds. The van der Waals surface area contributed by atoms with Gasteiger partial charge in [-0.1, -0.05) is 0 Å². The number of halogens is 1. The predicted molar refractivity (Wildman–Crippen MR) is 54.8 cm³/mol. The highest BCUT2D eigenvalue weighted by Gasteiger charge is 2.04. The highest BCUT2D eigenvalue weighted by Crippen LogP contribution is 2.17. The van der Waals surface area contributed by atoms with Gasteiger partial charge in [0.05, 0.1) is 25.2 Å². The van der Waals surface area contributed by atoms with Crippen molar-refractivity contribution in [3.63, 3.8) is 0 Å². The second-order valence-electron chi connectivity index (χ2n) is 3.26. The monoisotopic (exact) mass is 206 g/mol. The third-order valence-electron chi connectivity index (χ3n) is 2.20. The number of methoxy groups -OCH3 is 1. The lowest BCUT2D eigenvalue weighted by atomic mass is 10.2. The Morgan fingerprint density at radius 1 is 1.40 bits per heavy atom. The van der Waals surface area contributed by atoms with E-state index in [0.717, 1.165) is 11.3 Å². The summed E-state index contributed by atoms with van der Waals surface area (Å²) in [4.78, 5) is 0. The fraction of sp³-hybridized carbons (Fsp3) is 0.182. The van der Waals surface area contributed by atoms with Crippen LogP contribution in [0, 0.1) is 12.7 Å². The quantitative estimate of drug-likeness (QED) is 0.754. The van der Waals surface area contributed by atoms with Crippen LogP contribution < -0.4 is 4.74 Å². The zero-order chi connectivity index (χ0) is 10.8. The van der Waals surface area contributed by atoms with Gasteiger partial charge in [0.25, 0.3) is 0 Å². The Morgan fingerprint density at radius 3 is 2.80 bits per heavy atom. The topological polar surface area (TPSA) is 27.1 Å². The predicted octanol–water partition coefficient (Wildman–Crippen LogP) is 2.33. The number of rotatable bonds is 2. The van der Waals surface area contributed by atoms with Gasteiger partial charge in [-0.05, 0) is 30.7 Å². The number of aromatic nitrogens is 2. The number of benzene rings is 1. The van der Waals surface area contributed by atoms with Crippen molar-refractivity contribution in [3.8, 4) is 11.4 Å². The van der Waals surface area contributed by atoms with Gasteiger partial charge in [-0.2, -0.15) is 5.10 Å². The van der Waals surface area contributed by atoms with Crippen LogP contribution in [0.5, 0.6) is 5.75 Å². The number of ether oxygens (including phenoxy) is 1. The molecule has 78 valence electrons. The molecule has 15 heavy (non-hydrogen) atoms. The van der Waals surface area contributed by atoms with Crippen LogP contribution in [-0.2, 0) is 0 Å². The van der Waals surface area contributed by atoms with Gasteiger partial charge >= 0.3 is 0 Å². The summed E-state index contributed by atoms with van der Waals surface area (Å²) in [7, 11) is 1.58. The zero-order valence-electron chi connectivity index (χ0n) is 8.57. The summed E-state index contributed by atoms with van der Waals surface area (Å²) < 4.78 is 19.6. The first-order valence-corrected chi connectivity index (χ1v) is 4.56. The molecule has 2 aromatic rings. The standard InChI is InChI=1S/C11H11FN2O/c1-8-5-9(12)3-4-11(8)14-7-10(15-2)6-13-14/h3-7H,1-2H3. The summed E-state index contributed by atoms with van der Waals surface area (Å²) in [6.45, 7) is 1.84. The zero-order valence-corrected chi connectivity index (χ0v) is 8.57. The van der Waals surface area contributed by atoms with Gasteiger partial charge in [0, 0.05) is 0 Å². The summed E-state index contributed by atoms with van der Waals surface area (Å²) >= 11 is 0. The van der Waals surface area contributed by atoms with E-state index in [1.807, 2.05) is 6.92 Å². The molecular weight excluding hydrogens is 195 g/mol. The Kier molecular flexibility index (Phi) is 2.41. The van der Waals surface area contributed by atoms with Crippen molar-refractivity contribution in [2.24, 2.45) is 0 Å². The molecule has 0 atom stereocenters. The normalized spacial score (nSPS) is 10.3. The van der Waals surface area contributed by atoms with Crippen LogP contribution >= 0.6 is 0 Å². The smallest absolute Gasteiger partial charge is 0.157 e. The van der Waals surface area contributed by atoms with Crippen LogP contribution in [0.1, 0.15) is 5.56 Å². The van der Waals surface area contributed by atoms with Crippen LogP contribution in [0.2, 0.25) is 0 Å². The molecule has 3 nitrogen and oxygen atoms in total. The van der Waals surface area contributed by atoms with Gasteiger partial charge in [-0.15, -0.1) is 0 Å². The van der Waals surface area contributed by atoms with Crippen molar-refractivity contribution in [1.82, 2.24) is 9.78 Å². The molecule has 1 aromatic heterocycles. The lowest BCUT2D eigenvalue weighted by Crippen LogP contribution is -1.97. The fourth-order valence-corrected chi connectivity index (χ4v) is 1.42. The van der Waals surface area contributed by atoms with Gasteiger partial charge in [0.2, 0.25) is 0 Å². The first kappa shape index (κ1) is 9.71. The average molecular weight is 206 g/mol. The highest BCUT2D eigenvalue weighted by molar-refractivity contribution is 5.40. The van der Waals surface area contributed by atoms with E-state index in [4.69, 9.17) is 4.74 Å². The second kappa shape index (κ2) is 3.73. The van der Waals surface area contributed by atoms with Crippen molar-refractivity contribution >= 4 is 0 Å². The molecule has 0 saturated carbocycles. The van der Waals surface area contributed by atoms with Crippen molar-refractivity contribution < 1.29 is 9.13 Å². The molecule has 1 heterocycles. The maximum Gasteiger partial charge on any atom is 0.157 e. The summed E-state index contributed by atoms with van der Waals surface area (Å²) in [5.74, 6) is 0.439. The van der Waals surface area contributed by atoms with Crippen molar-refractivity contribution in [1.29, 1.82) is 0 Å². The molecule has 4 heteroatoms. The molecule has 0 aliphatic carbocycles. The van der Waals surface area contributed by atoms with E-state index in [2.05, 4.69) is 5.10 Å². The molecular formula is C11H11FN2O. The van der Waals surface area contributed by atoms with Gasteiger partial charge in [-0.3, -0.25) is 0 Å². The molecule has 0 unspecified atom stereocenters. The van der Waals surface area contributed by atoms with E-state index in [1.54, 1.807) is 30.3 Å². The first-order chi connectivity index (χ1) is 7.20. The minimum Gasteiger partial charge on any atom is -0.493 e. The van der Waals surface area contributed by atoms with Gasteiger partial charge in [-0.25, -0.2) is 9.07 Å².